The molecule has 0 atom stereocenters. The van der Waals surface area contributed by atoms with Crippen molar-refractivity contribution in [2.75, 3.05) is 0 Å². The maximum Gasteiger partial charge on any atom is 0.294 e. The first-order chi connectivity index (χ1) is 15.0. The zero-order valence-corrected chi connectivity index (χ0v) is 18.4. The average Bonchev–Trinajstić information content (AvgIpc) is 3.43. The number of benzene rings is 2. The molecule has 0 saturated heterocycles. The molecule has 0 N–H and O–H groups in total. The SMILES string of the molecule is CC(C)c1cc2c(oc3cnccc32)c(C(C)C)c1-n1cc[n+]2c1-c1ccccc1C2. The van der Waals surface area contributed by atoms with Gasteiger partial charge >= 0.3 is 0 Å². The molecular weight excluding hydrogens is 382 g/mol. The molecule has 1 aliphatic rings. The highest BCUT2D eigenvalue weighted by Crippen LogP contribution is 2.42. The molecule has 0 amide bonds. The molecule has 4 heterocycles. The second-order valence-electron chi connectivity index (χ2n) is 9.16. The number of hydrogen-bond donors (Lipinski definition) is 0. The summed E-state index contributed by atoms with van der Waals surface area (Å²) in [7, 11) is 0. The van der Waals surface area contributed by atoms with E-state index >= 15 is 0 Å². The van der Waals surface area contributed by atoms with Crippen LogP contribution in [0.15, 0.2) is 65.6 Å². The molecule has 0 aliphatic carbocycles. The van der Waals surface area contributed by atoms with Crippen molar-refractivity contribution < 1.29 is 8.98 Å². The topological polar surface area (TPSA) is 34.8 Å². The first-order valence-corrected chi connectivity index (χ1v) is 11.1. The van der Waals surface area contributed by atoms with E-state index in [0.29, 0.717) is 11.8 Å². The van der Waals surface area contributed by atoms with Crippen LogP contribution in [-0.2, 0) is 6.54 Å². The van der Waals surface area contributed by atoms with Crippen molar-refractivity contribution in [1.82, 2.24) is 9.55 Å². The summed E-state index contributed by atoms with van der Waals surface area (Å²) in [6, 6.07) is 13.1. The number of rotatable bonds is 3. The van der Waals surface area contributed by atoms with Crippen molar-refractivity contribution in [2.24, 2.45) is 0 Å². The Kier molecular flexibility index (Phi) is 3.88. The maximum absolute atomic E-state index is 6.42. The highest BCUT2D eigenvalue weighted by molar-refractivity contribution is 6.07. The van der Waals surface area contributed by atoms with Gasteiger partial charge in [0.15, 0.2) is 5.58 Å². The molecule has 4 nitrogen and oxygen atoms in total. The van der Waals surface area contributed by atoms with Gasteiger partial charge in [-0.25, -0.2) is 4.57 Å². The largest absolute Gasteiger partial charge is 0.454 e. The van der Waals surface area contributed by atoms with Gasteiger partial charge in [0, 0.05) is 33.7 Å². The molecule has 6 rings (SSSR count). The van der Waals surface area contributed by atoms with Gasteiger partial charge in [-0.15, -0.1) is 0 Å². The number of aromatic nitrogens is 3. The number of fused-ring (bicyclic) bond motifs is 6. The van der Waals surface area contributed by atoms with Gasteiger partial charge in [-0.1, -0.05) is 45.9 Å². The normalized spacial score (nSPS) is 13.0. The molecular formula is C27H26N3O+. The zero-order valence-electron chi connectivity index (χ0n) is 18.4. The Hall–Kier alpha value is -3.40. The summed E-state index contributed by atoms with van der Waals surface area (Å²) in [4.78, 5) is 4.28. The lowest BCUT2D eigenvalue weighted by molar-refractivity contribution is -0.671. The third-order valence-corrected chi connectivity index (χ3v) is 6.54. The molecule has 0 unspecified atom stereocenters. The maximum atomic E-state index is 6.42. The Labute approximate surface area is 181 Å². The molecule has 154 valence electrons. The van der Waals surface area contributed by atoms with Crippen LogP contribution >= 0.6 is 0 Å². The molecule has 0 radical (unpaired) electrons. The van der Waals surface area contributed by atoms with E-state index < -0.39 is 0 Å². The minimum atomic E-state index is 0.310. The van der Waals surface area contributed by atoms with E-state index in [9.17, 15) is 0 Å². The number of pyridine rings is 1. The third kappa shape index (κ3) is 2.54. The van der Waals surface area contributed by atoms with Crippen LogP contribution in [0, 0.1) is 0 Å². The number of furan rings is 1. The van der Waals surface area contributed by atoms with Gasteiger partial charge in [-0.05, 0) is 30.0 Å². The molecule has 0 saturated carbocycles. The van der Waals surface area contributed by atoms with Crippen molar-refractivity contribution in [2.45, 2.75) is 46.1 Å². The predicted molar refractivity (Wildman–Crippen MR) is 124 cm³/mol. The van der Waals surface area contributed by atoms with Gasteiger partial charge in [0.05, 0.1) is 11.8 Å². The van der Waals surface area contributed by atoms with Crippen LogP contribution in [0.4, 0.5) is 0 Å². The zero-order chi connectivity index (χ0) is 21.3. The Bertz CT molecular complexity index is 1470. The minimum absolute atomic E-state index is 0.310. The summed E-state index contributed by atoms with van der Waals surface area (Å²) in [5.74, 6) is 1.93. The molecule has 0 bridgehead atoms. The van der Waals surface area contributed by atoms with E-state index in [-0.39, 0.29) is 0 Å². The number of hydrogen-bond acceptors (Lipinski definition) is 2. The molecule has 0 spiro atoms. The molecule has 5 aromatic rings. The lowest BCUT2D eigenvalue weighted by Gasteiger charge is -2.18. The standard InChI is InChI=1S/C27H26N3O/c1-16(2)21-13-22-20-9-10-28-14-23(20)31-26(22)24(17(3)4)25(21)30-12-11-29-15-18-7-5-6-8-19(18)27(29)30/h5-14,16-17H,15H2,1-4H3/q+1. The van der Waals surface area contributed by atoms with Gasteiger partial charge in [-0.2, -0.15) is 4.57 Å². The minimum Gasteiger partial charge on any atom is -0.454 e. The van der Waals surface area contributed by atoms with E-state index in [4.69, 9.17) is 4.42 Å². The van der Waals surface area contributed by atoms with Crippen LogP contribution < -0.4 is 4.57 Å². The number of nitrogens with zero attached hydrogens (tertiary/aromatic N) is 3. The third-order valence-electron chi connectivity index (χ3n) is 6.54. The Balaban J connectivity index is 1.75. The molecule has 31 heavy (non-hydrogen) atoms. The average molecular weight is 409 g/mol. The second-order valence-corrected chi connectivity index (χ2v) is 9.16. The van der Waals surface area contributed by atoms with Crippen molar-refractivity contribution >= 4 is 21.9 Å². The number of imidazole rings is 1. The molecule has 1 aliphatic heterocycles. The quantitative estimate of drug-likeness (QED) is 0.321. The van der Waals surface area contributed by atoms with E-state index in [0.717, 1.165) is 23.1 Å². The Morgan fingerprint density at radius 2 is 1.87 bits per heavy atom. The summed E-state index contributed by atoms with van der Waals surface area (Å²) in [6.45, 7) is 10.0. The van der Waals surface area contributed by atoms with Crippen LogP contribution in [0.5, 0.6) is 0 Å². The van der Waals surface area contributed by atoms with Crippen LogP contribution in [0.3, 0.4) is 0 Å². The first kappa shape index (κ1) is 18.4. The van der Waals surface area contributed by atoms with Gasteiger partial charge in [-0.3, -0.25) is 4.98 Å². The molecule has 3 aromatic heterocycles. The van der Waals surface area contributed by atoms with Gasteiger partial charge in [0.2, 0.25) is 0 Å². The summed E-state index contributed by atoms with van der Waals surface area (Å²) in [6.07, 6.45) is 8.10. The van der Waals surface area contributed by atoms with Crippen LogP contribution in [0.25, 0.3) is 39.0 Å². The highest BCUT2D eigenvalue weighted by Gasteiger charge is 2.34. The Morgan fingerprint density at radius 1 is 1.03 bits per heavy atom. The second kappa shape index (κ2) is 6.55. The highest BCUT2D eigenvalue weighted by atomic mass is 16.3. The van der Waals surface area contributed by atoms with Gasteiger partial charge in [0.1, 0.15) is 30.2 Å². The Morgan fingerprint density at radius 3 is 2.68 bits per heavy atom. The van der Waals surface area contributed by atoms with E-state index in [1.165, 1.54) is 39.2 Å². The lowest BCUT2D eigenvalue weighted by Crippen LogP contribution is -2.30. The van der Waals surface area contributed by atoms with Crippen molar-refractivity contribution in [3.8, 4) is 17.1 Å². The fraction of sp³-hybridized carbons (Fsp3) is 0.259. The summed E-state index contributed by atoms with van der Waals surface area (Å²) < 4.78 is 11.2. The van der Waals surface area contributed by atoms with Crippen LogP contribution in [-0.4, -0.2) is 9.55 Å². The van der Waals surface area contributed by atoms with E-state index in [1.54, 1.807) is 0 Å². The molecule has 2 aromatic carbocycles. The van der Waals surface area contributed by atoms with Crippen molar-refractivity contribution in [3.63, 3.8) is 0 Å². The lowest BCUT2D eigenvalue weighted by atomic mass is 9.89. The fourth-order valence-electron chi connectivity index (χ4n) is 5.12. The predicted octanol–water partition coefficient (Wildman–Crippen LogP) is 6.33. The van der Waals surface area contributed by atoms with Gasteiger partial charge in [0.25, 0.3) is 5.82 Å². The fourth-order valence-corrected chi connectivity index (χ4v) is 5.12. The van der Waals surface area contributed by atoms with E-state index in [1.807, 2.05) is 12.4 Å². The molecule has 0 fully saturated rings. The smallest absolute Gasteiger partial charge is 0.294 e. The monoisotopic (exact) mass is 408 g/mol. The van der Waals surface area contributed by atoms with Crippen molar-refractivity contribution in [1.29, 1.82) is 0 Å². The van der Waals surface area contributed by atoms with Gasteiger partial charge < -0.3 is 4.42 Å². The van der Waals surface area contributed by atoms with E-state index in [2.05, 4.69) is 90.6 Å². The van der Waals surface area contributed by atoms with Crippen LogP contribution in [0.1, 0.15) is 56.2 Å². The molecule has 4 heteroatoms. The summed E-state index contributed by atoms with van der Waals surface area (Å²) in [5.41, 5.74) is 8.39. The first-order valence-electron chi connectivity index (χ1n) is 11.1. The summed E-state index contributed by atoms with van der Waals surface area (Å²) >= 11 is 0. The van der Waals surface area contributed by atoms with Crippen molar-refractivity contribution in [3.05, 3.63) is 77.9 Å². The van der Waals surface area contributed by atoms with Crippen LogP contribution in [0.2, 0.25) is 0 Å². The summed E-state index contributed by atoms with van der Waals surface area (Å²) in [5, 5.41) is 2.32.